The smallest absolute Gasteiger partial charge is 0.265 e. The summed E-state index contributed by atoms with van der Waals surface area (Å²) in [6.07, 6.45) is 0. The fourth-order valence-electron chi connectivity index (χ4n) is 2.26. The number of hydrogen-bond donors (Lipinski definition) is 2. The van der Waals surface area contributed by atoms with E-state index in [0.29, 0.717) is 17.1 Å². The number of ether oxygens (including phenoxy) is 1. The number of para-hydroxylation sites is 2. The zero-order valence-corrected chi connectivity index (χ0v) is 12.7. The summed E-state index contributed by atoms with van der Waals surface area (Å²) in [5.41, 5.74) is 0.995. The van der Waals surface area contributed by atoms with Crippen molar-refractivity contribution in [3.8, 4) is 11.5 Å². The monoisotopic (exact) mass is 332 g/mol. The third-order valence-electron chi connectivity index (χ3n) is 3.34. The first kappa shape index (κ1) is 15.2. The molecule has 0 saturated carbocycles. The maximum absolute atomic E-state index is 12.2. The Bertz CT molecular complexity index is 778. The number of rotatable bonds is 3. The van der Waals surface area contributed by atoms with Crippen LogP contribution in [0.2, 0.25) is 5.02 Å². The predicted molar refractivity (Wildman–Crippen MR) is 86.0 cm³/mol. The highest BCUT2D eigenvalue weighted by atomic mass is 35.5. The van der Waals surface area contributed by atoms with Gasteiger partial charge in [-0.15, -0.1) is 0 Å². The quantitative estimate of drug-likeness (QED) is 0.846. The van der Waals surface area contributed by atoms with Gasteiger partial charge in [-0.2, -0.15) is 0 Å². The first-order valence-corrected chi connectivity index (χ1v) is 7.23. The van der Waals surface area contributed by atoms with Crippen molar-refractivity contribution in [3.05, 3.63) is 47.5 Å². The van der Waals surface area contributed by atoms with Gasteiger partial charge in [0.05, 0.1) is 10.7 Å². The molecule has 2 aromatic carbocycles. The molecule has 0 aliphatic carbocycles. The number of phenolic OH excluding ortho intramolecular Hbond substituents is 1. The predicted octanol–water partition coefficient (Wildman–Crippen LogP) is 2.41. The number of aromatic hydroxyl groups is 1. The van der Waals surface area contributed by atoms with Crippen LogP contribution >= 0.6 is 11.6 Å². The highest BCUT2D eigenvalue weighted by Crippen LogP contribution is 2.31. The van der Waals surface area contributed by atoms with Gasteiger partial charge in [-0.25, -0.2) is 0 Å². The molecule has 0 aromatic heterocycles. The lowest BCUT2D eigenvalue weighted by molar-refractivity contribution is -0.123. The molecule has 7 heteroatoms. The SMILES string of the molecule is O=C(CN1C(=O)COc2ccccc21)Nc1ccc(O)c(Cl)c1. The lowest BCUT2D eigenvalue weighted by atomic mass is 10.2. The van der Waals surface area contributed by atoms with Crippen LogP contribution in [0, 0.1) is 0 Å². The minimum absolute atomic E-state index is 0.0676. The number of hydrogen-bond acceptors (Lipinski definition) is 4. The van der Waals surface area contributed by atoms with E-state index < -0.39 is 0 Å². The zero-order valence-electron chi connectivity index (χ0n) is 12.0. The van der Waals surface area contributed by atoms with Gasteiger partial charge in [0.15, 0.2) is 6.61 Å². The van der Waals surface area contributed by atoms with Crippen molar-refractivity contribution in [1.29, 1.82) is 0 Å². The van der Waals surface area contributed by atoms with Gasteiger partial charge in [-0.1, -0.05) is 23.7 Å². The fourth-order valence-corrected chi connectivity index (χ4v) is 2.44. The third kappa shape index (κ3) is 3.22. The number of carbonyl (C=O) groups is 2. The van der Waals surface area contributed by atoms with Crippen LogP contribution in [0.5, 0.6) is 11.5 Å². The number of phenols is 1. The average molecular weight is 333 g/mol. The van der Waals surface area contributed by atoms with Crippen molar-refractivity contribution in [1.82, 2.24) is 0 Å². The van der Waals surface area contributed by atoms with Gasteiger partial charge < -0.3 is 15.2 Å². The van der Waals surface area contributed by atoms with Gasteiger partial charge in [0.1, 0.15) is 18.0 Å². The molecule has 2 amide bonds. The van der Waals surface area contributed by atoms with Crippen LogP contribution in [0.1, 0.15) is 0 Å². The van der Waals surface area contributed by atoms with E-state index in [1.807, 2.05) is 0 Å². The van der Waals surface area contributed by atoms with Crippen molar-refractivity contribution in [2.24, 2.45) is 0 Å². The molecule has 0 bridgehead atoms. The van der Waals surface area contributed by atoms with E-state index in [1.54, 1.807) is 24.3 Å². The standard InChI is InChI=1S/C16H13ClN2O4/c17-11-7-10(5-6-13(11)20)18-15(21)8-19-12-3-1-2-4-14(12)23-9-16(19)22/h1-7,20H,8-9H2,(H,18,21). The minimum Gasteiger partial charge on any atom is -0.506 e. The van der Waals surface area contributed by atoms with Crippen LogP contribution in [-0.4, -0.2) is 30.1 Å². The Kier molecular flexibility index (Phi) is 4.08. The second-order valence-electron chi connectivity index (χ2n) is 4.95. The molecule has 0 fully saturated rings. The number of halogens is 1. The Balaban J connectivity index is 1.75. The molecular formula is C16H13ClN2O4. The Morgan fingerprint density at radius 1 is 1.30 bits per heavy atom. The fraction of sp³-hybridized carbons (Fsp3) is 0.125. The summed E-state index contributed by atoms with van der Waals surface area (Å²) in [7, 11) is 0. The molecule has 1 aliphatic rings. The second-order valence-corrected chi connectivity index (χ2v) is 5.36. The van der Waals surface area contributed by atoms with Gasteiger partial charge in [-0.3, -0.25) is 14.5 Å². The van der Waals surface area contributed by atoms with Crippen molar-refractivity contribution in [2.45, 2.75) is 0 Å². The first-order chi connectivity index (χ1) is 11.0. The van der Waals surface area contributed by atoms with Crippen LogP contribution in [-0.2, 0) is 9.59 Å². The number of amides is 2. The molecule has 118 valence electrons. The summed E-state index contributed by atoms with van der Waals surface area (Å²) < 4.78 is 5.33. The van der Waals surface area contributed by atoms with Crippen LogP contribution in [0.15, 0.2) is 42.5 Å². The number of nitrogens with zero attached hydrogens (tertiary/aromatic N) is 1. The highest BCUT2D eigenvalue weighted by molar-refractivity contribution is 6.32. The second kappa shape index (κ2) is 6.18. The molecule has 0 saturated heterocycles. The lowest BCUT2D eigenvalue weighted by Gasteiger charge is -2.28. The van der Waals surface area contributed by atoms with Crippen molar-refractivity contribution < 1.29 is 19.4 Å². The van der Waals surface area contributed by atoms with Crippen LogP contribution in [0.3, 0.4) is 0 Å². The molecule has 6 nitrogen and oxygen atoms in total. The summed E-state index contributed by atoms with van der Waals surface area (Å²) in [6.45, 7) is -0.243. The normalized spacial score (nSPS) is 13.3. The number of anilines is 2. The lowest BCUT2D eigenvalue weighted by Crippen LogP contribution is -2.43. The Morgan fingerprint density at radius 3 is 2.87 bits per heavy atom. The molecule has 1 aliphatic heterocycles. The van der Waals surface area contributed by atoms with E-state index in [4.69, 9.17) is 16.3 Å². The van der Waals surface area contributed by atoms with E-state index in [0.717, 1.165) is 0 Å². The summed E-state index contributed by atoms with van der Waals surface area (Å²) in [5.74, 6) is -0.172. The topological polar surface area (TPSA) is 78.9 Å². The molecule has 2 aromatic rings. The molecule has 0 unspecified atom stereocenters. The molecule has 0 spiro atoms. The number of nitrogens with one attached hydrogen (secondary N) is 1. The molecular weight excluding hydrogens is 320 g/mol. The number of fused-ring (bicyclic) bond motifs is 1. The van der Waals surface area contributed by atoms with E-state index >= 15 is 0 Å². The van der Waals surface area contributed by atoms with E-state index in [1.165, 1.54) is 23.1 Å². The van der Waals surface area contributed by atoms with Crippen LogP contribution < -0.4 is 15.0 Å². The molecule has 2 N–H and O–H groups in total. The minimum atomic E-state index is -0.378. The highest BCUT2D eigenvalue weighted by Gasteiger charge is 2.26. The molecule has 0 radical (unpaired) electrons. The first-order valence-electron chi connectivity index (χ1n) is 6.85. The molecule has 0 atom stereocenters. The average Bonchev–Trinajstić information content (AvgIpc) is 2.54. The van der Waals surface area contributed by atoms with Gasteiger partial charge in [-0.05, 0) is 30.3 Å². The Morgan fingerprint density at radius 2 is 2.09 bits per heavy atom. The largest absolute Gasteiger partial charge is 0.506 e. The molecule has 23 heavy (non-hydrogen) atoms. The van der Waals surface area contributed by atoms with Crippen molar-refractivity contribution in [2.75, 3.05) is 23.4 Å². The van der Waals surface area contributed by atoms with Crippen LogP contribution in [0.4, 0.5) is 11.4 Å². The van der Waals surface area contributed by atoms with Gasteiger partial charge >= 0.3 is 0 Å². The summed E-state index contributed by atoms with van der Waals surface area (Å²) in [5, 5.41) is 12.1. The van der Waals surface area contributed by atoms with Crippen molar-refractivity contribution >= 4 is 34.8 Å². The molecule has 1 heterocycles. The summed E-state index contributed by atoms with van der Waals surface area (Å²) >= 11 is 5.80. The molecule has 3 rings (SSSR count). The Hall–Kier alpha value is -2.73. The van der Waals surface area contributed by atoms with Crippen LogP contribution in [0.25, 0.3) is 0 Å². The number of carbonyl (C=O) groups excluding carboxylic acids is 2. The maximum Gasteiger partial charge on any atom is 0.265 e. The van der Waals surface area contributed by atoms with Crippen molar-refractivity contribution in [3.63, 3.8) is 0 Å². The van der Waals surface area contributed by atoms with Gasteiger partial charge in [0, 0.05) is 5.69 Å². The van der Waals surface area contributed by atoms with Gasteiger partial charge in [0.2, 0.25) is 5.91 Å². The maximum atomic E-state index is 12.2. The third-order valence-corrected chi connectivity index (χ3v) is 3.64. The summed E-state index contributed by atoms with van der Waals surface area (Å²) in [4.78, 5) is 25.6. The number of benzene rings is 2. The summed E-state index contributed by atoms with van der Waals surface area (Å²) in [6, 6.07) is 11.4. The zero-order chi connectivity index (χ0) is 16.4. The Labute approximate surface area is 137 Å². The van der Waals surface area contributed by atoms with E-state index in [-0.39, 0.29) is 35.7 Å². The van der Waals surface area contributed by atoms with Gasteiger partial charge in [0.25, 0.3) is 5.91 Å². The van der Waals surface area contributed by atoms with E-state index in [9.17, 15) is 14.7 Å². The van der Waals surface area contributed by atoms with E-state index in [2.05, 4.69) is 5.32 Å².